The maximum atomic E-state index is 13.1. The molecular weight excluding hydrogens is 401 g/mol. The van der Waals surface area contributed by atoms with Crippen LogP contribution in [0, 0.1) is 6.92 Å². The van der Waals surface area contributed by atoms with Crippen LogP contribution in [0.25, 0.3) is 11.3 Å². The zero-order chi connectivity index (χ0) is 19.6. The summed E-state index contributed by atoms with van der Waals surface area (Å²) in [7, 11) is 0. The molecule has 0 atom stereocenters. The number of carbonyl (C=O) groups excluding carboxylic acids is 1. The Morgan fingerprint density at radius 3 is 2.67 bits per heavy atom. The van der Waals surface area contributed by atoms with Gasteiger partial charge in [-0.25, -0.2) is 0 Å². The van der Waals surface area contributed by atoms with E-state index in [2.05, 4.69) is 5.16 Å². The molecule has 2 heterocycles. The highest BCUT2D eigenvalue weighted by Crippen LogP contribution is 2.32. The molecule has 0 aliphatic rings. The molecule has 0 saturated heterocycles. The largest absolute Gasteiger partial charge is 0.406 e. The molecular formula is C18H14ClF3N2O2S. The van der Waals surface area contributed by atoms with Gasteiger partial charge >= 0.3 is 6.18 Å². The maximum Gasteiger partial charge on any atom is 0.406 e. The smallest absolute Gasteiger partial charge is 0.360 e. The number of thiophene rings is 1. The Bertz CT molecular complexity index is 938. The van der Waals surface area contributed by atoms with Gasteiger partial charge in [0, 0.05) is 12.1 Å². The molecule has 3 rings (SSSR count). The fraction of sp³-hybridized carbons (Fsp3) is 0.222. The third-order valence-electron chi connectivity index (χ3n) is 3.82. The number of amides is 1. The average Bonchev–Trinajstić information content (AvgIpc) is 3.22. The van der Waals surface area contributed by atoms with E-state index in [1.54, 1.807) is 41.1 Å². The van der Waals surface area contributed by atoms with E-state index < -0.39 is 18.6 Å². The summed E-state index contributed by atoms with van der Waals surface area (Å²) in [5, 5.41) is 7.62. The number of benzene rings is 1. The van der Waals surface area contributed by atoms with Crippen molar-refractivity contribution in [1.82, 2.24) is 10.1 Å². The summed E-state index contributed by atoms with van der Waals surface area (Å²) >= 11 is 7.51. The number of aromatic nitrogens is 1. The normalized spacial score (nSPS) is 11.6. The van der Waals surface area contributed by atoms with Crippen LogP contribution in [0.5, 0.6) is 0 Å². The minimum absolute atomic E-state index is 0.0254. The Labute approximate surface area is 162 Å². The summed E-state index contributed by atoms with van der Waals surface area (Å²) in [6.45, 7) is -0.0698. The van der Waals surface area contributed by atoms with Gasteiger partial charge in [-0.2, -0.15) is 24.5 Å². The molecule has 0 fully saturated rings. The van der Waals surface area contributed by atoms with Crippen LogP contribution in [-0.2, 0) is 6.54 Å². The van der Waals surface area contributed by atoms with Crippen LogP contribution in [0.1, 0.15) is 21.7 Å². The summed E-state index contributed by atoms with van der Waals surface area (Å²) in [5.41, 5.74) is 1.14. The van der Waals surface area contributed by atoms with Gasteiger partial charge in [-0.3, -0.25) is 4.79 Å². The number of carbonyl (C=O) groups is 1. The number of nitrogens with zero attached hydrogens (tertiary/aromatic N) is 2. The molecule has 4 nitrogen and oxygen atoms in total. The first-order valence-corrected chi connectivity index (χ1v) is 9.16. The van der Waals surface area contributed by atoms with Gasteiger partial charge in [-0.15, -0.1) is 0 Å². The molecule has 142 valence electrons. The fourth-order valence-electron chi connectivity index (χ4n) is 2.64. The monoisotopic (exact) mass is 414 g/mol. The summed E-state index contributed by atoms with van der Waals surface area (Å²) in [5.74, 6) is -0.681. The highest BCUT2D eigenvalue weighted by Gasteiger charge is 2.36. The van der Waals surface area contributed by atoms with Crippen LogP contribution in [0.3, 0.4) is 0 Å². The molecule has 9 heteroatoms. The van der Waals surface area contributed by atoms with Crippen LogP contribution in [-0.4, -0.2) is 28.7 Å². The quantitative estimate of drug-likeness (QED) is 0.548. The molecule has 0 spiro atoms. The highest BCUT2D eigenvalue weighted by atomic mass is 35.5. The summed E-state index contributed by atoms with van der Waals surface area (Å²) in [4.78, 5) is 13.8. The number of alkyl halides is 3. The van der Waals surface area contributed by atoms with E-state index in [0.717, 1.165) is 4.90 Å². The lowest BCUT2D eigenvalue weighted by Crippen LogP contribution is -2.38. The molecule has 3 aromatic rings. The molecule has 0 aliphatic carbocycles. The van der Waals surface area contributed by atoms with Crippen LogP contribution >= 0.6 is 22.9 Å². The fourth-order valence-corrected chi connectivity index (χ4v) is 3.52. The lowest BCUT2D eigenvalue weighted by atomic mass is 10.0. The van der Waals surface area contributed by atoms with Crippen molar-refractivity contribution in [3.63, 3.8) is 0 Å². The lowest BCUT2D eigenvalue weighted by molar-refractivity contribution is -0.141. The minimum Gasteiger partial charge on any atom is -0.360 e. The van der Waals surface area contributed by atoms with Gasteiger partial charge in [0.25, 0.3) is 5.91 Å². The predicted molar refractivity (Wildman–Crippen MR) is 96.8 cm³/mol. The van der Waals surface area contributed by atoms with E-state index in [4.69, 9.17) is 16.1 Å². The molecule has 0 aliphatic heterocycles. The number of rotatable bonds is 5. The number of hydrogen-bond acceptors (Lipinski definition) is 4. The third-order valence-corrected chi connectivity index (χ3v) is 4.88. The Morgan fingerprint density at radius 1 is 1.30 bits per heavy atom. The van der Waals surface area contributed by atoms with Gasteiger partial charge < -0.3 is 9.42 Å². The Balaban J connectivity index is 2.01. The van der Waals surface area contributed by atoms with E-state index >= 15 is 0 Å². The van der Waals surface area contributed by atoms with Gasteiger partial charge in [0.2, 0.25) is 0 Å². The summed E-state index contributed by atoms with van der Waals surface area (Å²) in [6.07, 6.45) is -4.54. The van der Waals surface area contributed by atoms with Crippen molar-refractivity contribution in [2.24, 2.45) is 0 Å². The van der Waals surface area contributed by atoms with Crippen molar-refractivity contribution < 1.29 is 22.5 Å². The van der Waals surface area contributed by atoms with Gasteiger partial charge in [0.05, 0.1) is 5.02 Å². The van der Waals surface area contributed by atoms with E-state index in [0.29, 0.717) is 16.1 Å². The van der Waals surface area contributed by atoms with Crippen LogP contribution < -0.4 is 0 Å². The molecule has 2 aromatic heterocycles. The van der Waals surface area contributed by atoms with Crippen LogP contribution in [0.2, 0.25) is 5.02 Å². The molecule has 0 saturated carbocycles. The molecule has 0 N–H and O–H groups in total. The zero-order valence-electron chi connectivity index (χ0n) is 14.1. The molecule has 0 unspecified atom stereocenters. The lowest BCUT2D eigenvalue weighted by Gasteiger charge is -2.23. The predicted octanol–water partition coefficient (Wildman–Crippen LogP) is 5.57. The standard InChI is InChI=1S/C18H14ClF3N2O2S/c1-11-15(16(23-26-11)13-4-2-3-5-14(13)19)17(25)24(10-18(20,21)22)8-12-6-7-27-9-12/h2-7,9H,8,10H2,1H3. The molecule has 1 amide bonds. The van der Waals surface area contributed by atoms with E-state index in [1.165, 1.54) is 18.3 Å². The minimum atomic E-state index is -4.54. The number of aryl methyl sites for hydroxylation is 1. The van der Waals surface area contributed by atoms with Crippen LogP contribution in [0.4, 0.5) is 13.2 Å². The van der Waals surface area contributed by atoms with Gasteiger partial charge in [0.15, 0.2) is 0 Å². The van der Waals surface area contributed by atoms with Crippen molar-refractivity contribution >= 4 is 28.8 Å². The van der Waals surface area contributed by atoms with E-state index in [-0.39, 0.29) is 23.6 Å². The first kappa shape index (κ1) is 19.4. The van der Waals surface area contributed by atoms with Crippen molar-refractivity contribution in [2.75, 3.05) is 6.54 Å². The summed E-state index contributed by atoms with van der Waals surface area (Å²) in [6, 6.07) is 8.30. The van der Waals surface area contributed by atoms with Crippen molar-refractivity contribution in [1.29, 1.82) is 0 Å². The molecule has 27 heavy (non-hydrogen) atoms. The number of halogens is 4. The van der Waals surface area contributed by atoms with Gasteiger partial charge in [0.1, 0.15) is 23.6 Å². The molecule has 1 aromatic carbocycles. The average molecular weight is 415 g/mol. The Hall–Kier alpha value is -2.32. The second-order valence-electron chi connectivity index (χ2n) is 5.85. The van der Waals surface area contributed by atoms with Crippen molar-refractivity contribution in [3.8, 4) is 11.3 Å². The van der Waals surface area contributed by atoms with E-state index in [9.17, 15) is 18.0 Å². The Morgan fingerprint density at radius 2 is 2.04 bits per heavy atom. The van der Waals surface area contributed by atoms with Crippen molar-refractivity contribution in [3.05, 3.63) is 63.0 Å². The van der Waals surface area contributed by atoms with E-state index in [1.807, 2.05) is 0 Å². The SMILES string of the molecule is Cc1onc(-c2ccccc2Cl)c1C(=O)N(Cc1ccsc1)CC(F)(F)F. The van der Waals surface area contributed by atoms with Gasteiger partial charge in [-0.05, 0) is 35.4 Å². The number of hydrogen-bond donors (Lipinski definition) is 0. The second kappa shape index (κ2) is 7.74. The highest BCUT2D eigenvalue weighted by molar-refractivity contribution is 7.07. The Kier molecular flexibility index (Phi) is 5.57. The van der Waals surface area contributed by atoms with Crippen LogP contribution in [0.15, 0.2) is 45.6 Å². The van der Waals surface area contributed by atoms with Gasteiger partial charge in [-0.1, -0.05) is 35.0 Å². The molecule has 0 bridgehead atoms. The first-order valence-electron chi connectivity index (χ1n) is 7.84. The second-order valence-corrected chi connectivity index (χ2v) is 7.04. The first-order chi connectivity index (χ1) is 12.8. The third kappa shape index (κ3) is 4.51. The maximum absolute atomic E-state index is 13.1. The molecule has 0 radical (unpaired) electrons. The zero-order valence-corrected chi connectivity index (χ0v) is 15.7. The topological polar surface area (TPSA) is 46.3 Å². The van der Waals surface area contributed by atoms with Crippen molar-refractivity contribution in [2.45, 2.75) is 19.6 Å². The summed E-state index contributed by atoms with van der Waals surface area (Å²) < 4.78 is 44.3.